The number of amides is 1. The molecule has 0 aliphatic carbocycles. The summed E-state index contributed by atoms with van der Waals surface area (Å²) in [5.41, 5.74) is 2.51. The lowest BCUT2D eigenvalue weighted by molar-refractivity contribution is -0.142. The van der Waals surface area contributed by atoms with Crippen LogP contribution in [0.15, 0.2) is 24.3 Å². The number of carboxylic acid groups (broad SMARTS) is 1. The van der Waals surface area contributed by atoms with E-state index in [-0.39, 0.29) is 5.91 Å². The van der Waals surface area contributed by atoms with Crippen LogP contribution in [0.2, 0.25) is 0 Å². The fourth-order valence-electron chi connectivity index (χ4n) is 3.25. The molecule has 2 rings (SSSR count). The molecule has 1 aromatic carbocycles. The highest BCUT2D eigenvalue weighted by atomic mass is 16.4. The van der Waals surface area contributed by atoms with E-state index in [2.05, 4.69) is 46.3 Å². The average molecular weight is 361 g/mol. The van der Waals surface area contributed by atoms with E-state index in [1.807, 2.05) is 6.92 Å². The van der Waals surface area contributed by atoms with Gasteiger partial charge in [0.15, 0.2) is 0 Å². The fourth-order valence-corrected chi connectivity index (χ4v) is 3.25. The Bertz CT molecular complexity index is 598. The maximum Gasteiger partial charge on any atom is 0.326 e. The summed E-state index contributed by atoms with van der Waals surface area (Å²) in [5, 5.41) is 11.8. The molecule has 1 unspecified atom stereocenters. The van der Waals surface area contributed by atoms with Crippen LogP contribution in [0.1, 0.15) is 38.2 Å². The van der Waals surface area contributed by atoms with Gasteiger partial charge in [0.05, 0.1) is 0 Å². The van der Waals surface area contributed by atoms with Crippen LogP contribution >= 0.6 is 0 Å². The van der Waals surface area contributed by atoms with Gasteiger partial charge in [0.2, 0.25) is 5.91 Å². The largest absolute Gasteiger partial charge is 0.480 e. The number of hydrogen-bond donors (Lipinski definition) is 2. The SMILES string of the molecule is CCCCC(NC(=O)CCN1CCN(c2cccc(C)c2)CC1)C(=O)O. The molecule has 0 saturated carbocycles. The number of nitrogens with zero attached hydrogens (tertiary/aromatic N) is 2. The zero-order valence-electron chi connectivity index (χ0n) is 15.9. The number of hydrogen-bond acceptors (Lipinski definition) is 4. The number of benzene rings is 1. The monoisotopic (exact) mass is 361 g/mol. The van der Waals surface area contributed by atoms with Gasteiger partial charge in [-0.1, -0.05) is 31.9 Å². The van der Waals surface area contributed by atoms with Gasteiger partial charge in [0.1, 0.15) is 6.04 Å². The molecule has 0 aromatic heterocycles. The third kappa shape index (κ3) is 6.33. The van der Waals surface area contributed by atoms with Crippen molar-refractivity contribution in [2.45, 2.75) is 45.6 Å². The standard InChI is InChI=1S/C20H31N3O3/c1-3-4-8-18(20(25)26)21-19(24)9-10-22-11-13-23(14-12-22)17-7-5-6-16(2)15-17/h5-7,15,18H,3-4,8-14H2,1-2H3,(H,21,24)(H,25,26). The second-order valence-electron chi connectivity index (χ2n) is 7.02. The molecule has 6 heteroatoms. The molecule has 0 bridgehead atoms. The molecule has 1 fully saturated rings. The Morgan fingerprint density at radius 2 is 1.96 bits per heavy atom. The van der Waals surface area contributed by atoms with Gasteiger partial charge >= 0.3 is 5.97 Å². The Labute approximate surface area is 156 Å². The van der Waals surface area contributed by atoms with Crippen molar-refractivity contribution in [1.82, 2.24) is 10.2 Å². The first kappa shape index (κ1) is 20.2. The van der Waals surface area contributed by atoms with E-state index in [1.54, 1.807) is 0 Å². The zero-order valence-corrected chi connectivity index (χ0v) is 15.9. The van der Waals surface area contributed by atoms with Crippen molar-refractivity contribution in [2.75, 3.05) is 37.6 Å². The number of nitrogens with one attached hydrogen (secondary N) is 1. The van der Waals surface area contributed by atoms with Gasteiger partial charge in [0.25, 0.3) is 0 Å². The lowest BCUT2D eigenvalue weighted by Crippen LogP contribution is -2.48. The number of carbonyl (C=O) groups excluding carboxylic acids is 1. The summed E-state index contributed by atoms with van der Waals surface area (Å²) in [5.74, 6) is -1.12. The van der Waals surface area contributed by atoms with Crippen molar-refractivity contribution in [3.63, 3.8) is 0 Å². The van der Waals surface area contributed by atoms with Crippen LogP contribution < -0.4 is 10.2 Å². The lowest BCUT2D eigenvalue weighted by atomic mass is 10.1. The second kappa shape index (κ2) is 10.2. The molecule has 26 heavy (non-hydrogen) atoms. The lowest BCUT2D eigenvalue weighted by Gasteiger charge is -2.36. The first-order valence-electron chi connectivity index (χ1n) is 9.55. The third-order valence-electron chi connectivity index (χ3n) is 4.87. The van der Waals surface area contributed by atoms with Crippen molar-refractivity contribution in [2.24, 2.45) is 0 Å². The van der Waals surface area contributed by atoms with Crippen LogP contribution in [0.25, 0.3) is 0 Å². The Balaban J connectivity index is 1.72. The highest BCUT2D eigenvalue weighted by Gasteiger charge is 2.21. The van der Waals surface area contributed by atoms with Crippen LogP contribution in [0.3, 0.4) is 0 Å². The topological polar surface area (TPSA) is 72.9 Å². The summed E-state index contributed by atoms with van der Waals surface area (Å²) in [6.45, 7) is 8.51. The second-order valence-corrected chi connectivity index (χ2v) is 7.02. The highest BCUT2D eigenvalue weighted by molar-refractivity contribution is 5.83. The summed E-state index contributed by atoms with van der Waals surface area (Å²) >= 11 is 0. The Kier molecular flexibility index (Phi) is 7.91. The highest BCUT2D eigenvalue weighted by Crippen LogP contribution is 2.17. The molecule has 1 amide bonds. The number of anilines is 1. The number of aryl methyl sites for hydroxylation is 1. The van der Waals surface area contributed by atoms with Gasteiger partial charge in [-0.25, -0.2) is 4.79 Å². The Hall–Kier alpha value is -2.08. The smallest absolute Gasteiger partial charge is 0.326 e. The number of carbonyl (C=O) groups is 2. The number of carboxylic acids is 1. The molecule has 0 spiro atoms. The maximum absolute atomic E-state index is 12.1. The molecule has 2 N–H and O–H groups in total. The predicted octanol–water partition coefficient (Wildman–Crippen LogP) is 2.27. The fraction of sp³-hybridized carbons (Fsp3) is 0.600. The molecule has 1 aliphatic heterocycles. The van der Waals surface area contributed by atoms with Crippen LogP contribution in [0.4, 0.5) is 5.69 Å². The van der Waals surface area contributed by atoms with Crippen molar-refractivity contribution >= 4 is 17.6 Å². The van der Waals surface area contributed by atoms with Gasteiger partial charge in [-0.2, -0.15) is 0 Å². The van der Waals surface area contributed by atoms with Crippen molar-refractivity contribution in [3.8, 4) is 0 Å². The third-order valence-corrected chi connectivity index (χ3v) is 4.87. The normalized spacial score (nSPS) is 16.3. The minimum atomic E-state index is -0.946. The van der Waals surface area contributed by atoms with Crippen LogP contribution in [-0.2, 0) is 9.59 Å². The molecule has 1 atom stereocenters. The van der Waals surface area contributed by atoms with Crippen molar-refractivity contribution in [3.05, 3.63) is 29.8 Å². The van der Waals surface area contributed by atoms with E-state index >= 15 is 0 Å². The van der Waals surface area contributed by atoms with Crippen molar-refractivity contribution < 1.29 is 14.7 Å². The van der Waals surface area contributed by atoms with Gasteiger partial charge in [-0.15, -0.1) is 0 Å². The molecule has 1 aliphatic rings. The van der Waals surface area contributed by atoms with E-state index < -0.39 is 12.0 Å². The summed E-state index contributed by atoms with van der Waals surface area (Å²) in [6.07, 6.45) is 2.57. The number of unbranched alkanes of at least 4 members (excludes halogenated alkanes) is 1. The Morgan fingerprint density at radius 1 is 1.23 bits per heavy atom. The van der Waals surface area contributed by atoms with E-state index in [9.17, 15) is 14.7 Å². The molecular formula is C20H31N3O3. The average Bonchev–Trinajstić information content (AvgIpc) is 2.63. The summed E-state index contributed by atoms with van der Waals surface area (Å²) < 4.78 is 0. The minimum absolute atomic E-state index is 0.172. The molecule has 0 radical (unpaired) electrons. The summed E-state index contributed by atoms with van der Waals surface area (Å²) in [6, 6.07) is 7.76. The summed E-state index contributed by atoms with van der Waals surface area (Å²) in [4.78, 5) is 27.9. The first-order chi connectivity index (χ1) is 12.5. The first-order valence-corrected chi connectivity index (χ1v) is 9.55. The molecule has 1 aromatic rings. The molecular weight excluding hydrogens is 330 g/mol. The predicted molar refractivity (Wildman–Crippen MR) is 104 cm³/mol. The van der Waals surface area contributed by atoms with E-state index in [4.69, 9.17) is 0 Å². The van der Waals surface area contributed by atoms with E-state index in [1.165, 1.54) is 11.3 Å². The molecule has 1 saturated heterocycles. The maximum atomic E-state index is 12.1. The van der Waals surface area contributed by atoms with Gasteiger partial charge in [-0.3, -0.25) is 9.69 Å². The van der Waals surface area contributed by atoms with Crippen LogP contribution in [0.5, 0.6) is 0 Å². The number of piperazine rings is 1. The molecule has 144 valence electrons. The zero-order chi connectivity index (χ0) is 18.9. The van der Waals surface area contributed by atoms with Gasteiger partial charge in [-0.05, 0) is 31.0 Å². The van der Waals surface area contributed by atoms with Crippen molar-refractivity contribution in [1.29, 1.82) is 0 Å². The summed E-state index contributed by atoms with van der Waals surface area (Å²) in [7, 11) is 0. The van der Waals surface area contributed by atoms with E-state index in [0.717, 1.165) is 39.0 Å². The van der Waals surface area contributed by atoms with Crippen LogP contribution in [-0.4, -0.2) is 60.6 Å². The number of rotatable bonds is 9. The molecule has 6 nitrogen and oxygen atoms in total. The molecule has 1 heterocycles. The minimum Gasteiger partial charge on any atom is -0.480 e. The Morgan fingerprint density at radius 3 is 2.58 bits per heavy atom. The van der Waals surface area contributed by atoms with E-state index in [0.29, 0.717) is 19.4 Å². The quantitative estimate of drug-likeness (QED) is 0.706. The number of aliphatic carboxylic acids is 1. The van der Waals surface area contributed by atoms with Gasteiger partial charge in [0, 0.05) is 44.8 Å². The van der Waals surface area contributed by atoms with Crippen LogP contribution in [0, 0.1) is 6.92 Å². The van der Waals surface area contributed by atoms with Gasteiger partial charge < -0.3 is 15.3 Å².